The number of hydrogen-bond donors (Lipinski definition) is 3. The van der Waals surface area contributed by atoms with Crippen LogP contribution < -0.4 is 16.8 Å². The van der Waals surface area contributed by atoms with E-state index in [0.29, 0.717) is 0 Å². The van der Waals surface area contributed by atoms with Crippen molar-refractivity contribution in [3.8, 4) is 0 Å². The van der Waals surface area contributed by atoms with Gasteiger partial charge in [-0.15, -0.1) is 0 Å². The maximum atomic E-state index is 15.0. The van der Waals surface area contributed by atoms with Crippen LogP contribution in [-0.4, -0.2) is 42.1 Å². The first-order valence-electron chi connectivity index (χ1n) is 10.6. The Bertz CT molecular complexity index is 1120. The van der Waals surface area contributed by atoms with E-state index in [-0.39, 0.29) is 18.4 Å². The van der Waals surface area contributed by atoms with Crippen molar-refractivity contribution in [2.24, 2.45) is 11.5 Å². The van der Waals surface area contributed by atoms with Gasteiger partial charge in [-0.3, -0.25) is 14.4 Å². The fourth-order valence-electron chi connectivity index (χ4n) is 5.07. The van der Waals surface area contributed by atoms with Gasteiger partial charge in [0.1, 0.15) is 0 Å². The molecule has 2 unspecified atom stereocenters. The molecule has 0 fully saturated rings. The Morgan fingerprint density at radius 1 is 0.912 bits per heavy atom. The Morgan fingerprint density at radius 3 is 1.88 bits per heavy atom. The SMILES string of the molecule is NCC(=O)OC1(C2(C3(OC(=O)CN)C=CC=CC3)C(=O)Nc3c2ccc(F)c3F)C=CC=CC1. The number of carbonyl (C=O) groups is 3. The normalized spacial score (nSPS) is 29.0. The average Bonchev–Trinajstić information content (AvgIpc) is 3.16. The molecule has 1 amide bonds. The molecule has 2 atom stereocenters. The highest BCUT2D eigenvalue weighted by Crippen LogP contribution is 2.59. The number of ether oxygens (including phenoxy) is 2. The Kier molecular flexibility index (Phi) is 5.96. The molecule has 1 aromatic carbocycles. The number of fused-ring (bicyclic) bond motifs is 1. The Labute approximate surface area is 193 Å². The maximum absolute atomic E-state index is 15.0. The highest BCUT2D eigenvalue weighted by atomic mass is 19.2. The molecule has 1 heterocycles. The predicted molar refractivity (Wildman–Crippen MR) is 118 cm³/mol. The maximum Gasteiger partial charge on any atom is 0.320 e. The van der Waals surface area contributed by atoms with E-state index in [0.717, 1.165) is 6.07 Å². The summed E-state index contributed by atoms with van der Waals surface area (Å²) in [6.07, 6.45) is 12.6. The van der Waals surface area contributed by atoms with Gasteiger partial charge in [0.25, 0.3) is 0 Å². The smallest absolute Gasteiger partial charge is 0.320 e. The molecule has 10 heteroatoms. The summed E-state index contributed by atoms with van der Waals surface area (Å²) >= 11 is 0. The number of anilines is 1. The summed E-state index contributed by atoms with van der Waals surface area (Å²) < 4.78 is 40.8. The van der Waals surface area contributed by atoms with Crippen LogP contribution in [0.1, 0.15) is 18.4 Å². The fourth-order valence-corrected chi connectivity index (χ4v) is 5.07. The first kappa shape index (κ1) is 23.5. The van der Waals surface area contributed by atoms with E-state index < -0.39 is 64.9 Å². The van der Waals surface area contributed by atoms with Crippen LogP contribution in [0.25, 0.3) is 0 Å². The quantitative estimate of drug-likeness (QED) is 0.538. The van der Waals surface area contributed by atoms with Gasteiger partial charge in [0, 0.05) is 18.4 Å². The van der Waals surface area contributed by atoms with Gasteiger partial charge in [0.2, 0.25) is 5.91 Å². The van der Waals surface area contributed by atoms with Crippen molar-refractivity contribution in [3.05, 3.63) is 77.9 Å². The molecule has 34 heavy (non-hydrogen) atoms. The lowest BCUT2D eigenvalue weighted by Crippen LogP contribution is -2.70. The van der Waals surface area contributed by atoms with Crippen molar-refractivity contribution in [2.75, 3.05) is 18.4 Å². The van der Waals surface area contributed by atoms with E-state index >= 15 is 0 Å². The molecule has 0 saturated heterocycles. The van der Waals surface area contributed by atoms with Crippen molar-refractivity contribution in [3.63, 3.8) is 0 Å². The number of amides is 1. The van der Waals surface area contributed by atoms with Crippen molar-refractivity contribution in [2.45, 2.75) is 29.5 Å². The molecule has 8 nitrogen and oxygen atoms in total. The number of rotatable bonds is 6. The lowest BCUT2D eigenvalue weighted by atomic mass is 9.54. The third-order valence-electron chi connectivity index (χ3n) is 6.34. The number of esters is 2. The molecule has 2 aliphatic carbocycles. The second-order valence-corrected chi connectivity index (χ2v) is 8.11. The summed E-state index contributed by atoms with van der Waals surface area (Å²) in [5.74, 6) is -5.02. The van der Waals surface area contributed by atoms with Crippen LogP contribution >= 0.6 is 0 Å². The molecule has 0 spiro atoms. The highest BCUT2D eigenvalue weighted by Gasteiger charge is 2.73. The number of halogens is 2. The molecule has 1 aliphatic heterocycles. The minimum Gasteiger partial charge on any atom is -0.452 e. The summed E-state index contributed by atoms with van der Waals surface area (Å²) in [4.78, 5) is 39.1. The minimum absolute atomic E-state index is 0.0362. The number of hydrogen-bond acceptors (Lipinski definition) is 7. The van der Waals surface area contributed by atoms with Gasteiger partial charge in [-0.25, -0.2) is 8.78 Å². The average molecular weight is 471 g/mol. The van der Waals surface area contributed by atoms with Gasteiger partial charge in [-0.1, -0.05) is 42.5 Å². The lowest BCUT2D eigenvalue weighted by molar-refractivity contribution is -0.186. The van der Waals surface area contributed by atoms with Crippen LogP contribution in [0.3, 0.4) is 0 Å². The van der Waals surface area contributed by atoms with Crippen LogP contribution in [0, 0.1) is 11.6 Å². The third-order valence-corrected chi connectivity index (χ3v) is 6.34. The summed E-state index contributed by atoms with van der Waals surface area (Å²) in [5.41, 5.74) is 4.88. The summed E-state index contributed by atoms with van der Waals surface area (Å²) in [6.45, 7) is -1.01. The third kappa shape index (κ3) is 3.21. The zero-order valence-corrected chi connectivity index (χ0v) is 18.1. The van der Waals surface area contributed by atoms with Crippen LogP contribution in [0.2, 0.25) is 0 Å². The van der Waals surface area contributed by atoms with E-state index in [1.807, 2.05) is 0 Å². The zero-order valence-electron chi connectivity index (χ0n) is 18.1. The number of allylic oxidation sites excluding steroid dienone is 4. The Hall–Kier alpha value is -3.63. The number of nitrogens with two attached hydrogens (primary N) is 2. The van der Waals surface area contributed by atoms with E-state index in [1.165, 1.54) is 18.2 Å². The number of carbonyl (C=O) groups excluding carboxylic acids is 3. The van der Waals surface area contributed by atoms with Crippen molar-refractivity contribution in [1.29, 1.82) is 0 Å². The van der Waals surface area contributed by atoms with E-state index in [4.69, 9.17) is 20.9 Å². The lowest BCUT2D eigenvalue weighted by Gasteiger charge is -2.53. The van der Waals surface area contributed by atoms with Gasteiger partial charge in [-0.05, 0) is 18.2 Å². The first-order chi connectivity index (χ1) is 16.3. The largest absolute Gasteiger partial charge is 0.452 e. The molecule has 4 rings (SSSR count). The monoisotopic (exact) mass is 471 g/mol. The van der Waals surface area contributed by atoms with Crippen LogP contribution in [0.4, 0.5) is 14.5 Å². The van der Waals surface area contributed by atoms with Crippen molar-refractivity contribution >= 4 is 23.5 Å². The molecule has 0 radical (unpaired) electrons. The Balaban J connectivity index is 2.12. The second kappa shape index (κ2) is 8.62. The van der Waals surface area contributed by atoms with Gasteiger partial charge in [0.15, 0.2) is 28.3 Å². The molecule has 1 aromatic rings. The second-order valence-electron chi connectivity index (χ2n) is 8.11. The predicted octanol–water partition coefficient (Wildman–Crippen LogP) is 1.67. The highest BCUT2D eigenvalue weighted by molar-refractivity contribution is 6.10. The summed E-state index contributed by atoms with van der Waals surface area (Å²) in [6, 6.07) is 2.09. The number of nitrogens with one attached hydrogen (secondary N) is 1. The van der Waals surface area contributed by atoms with Gasteiger partial charge in [-0.2, -0.15) is 0 Å². The van der Waals surface area contributed by atoms with Gasteiger partial charge in [0.05, 0.1) is 18.8 Å². The first-order valence-corrected chi connectivity index (χ1v) is 10.6. The molecule has 178 valence electrons. The summed E-state index contributed by atoms with van der Waals surface area (Å²) in [5, 5.41) is 2.41. The van der Waals surface area contributed by atoms with Crippen LogP contribution in [0.15, 0.2) is 60.7 Å². The molecular weight excluding hydrogens is 448 g/mol. The standard InChI is InChI=1S/C24H23F2N3O5/c25-16-8-7-15-20(19(16)26)29-21(32)24(15,22(33-17(30)13-27)9-3-1-4-10-22)23(34-18(31)14-28)11-5-2-6-12-23/h1-9,11H,10,12-14,27-28H2,(H,29,32). The topological polar surface area (TPSA) is 134 Å². The molecular formula is C24H23F2N3O5. The van der Waals surface area contributed by atoms with Crippen molar-refractivity contribution < 1.29 is 32.6 Å². The van der Waals surface area contributed by atoms with Crippen LogP contribution in [0.5, 0.6) is 0 Å². The van der Waals surface area contributed by atoms with E-state index in [2.05, 4.69) is 5.32 Å². The fraction of sp³-hybridized carbons (Fsp3) is 0.292. The van der Waals surface area contributed by atoms with Gasteiger partial charge < -0.3 is 26.3 Å². The zero-order chi connectivity index (χ0) is 24.6. The van der Waals surface area contributed by atoms with Gasteiger partial charge >= 0.3 is 11.9 Å². The number of benzene rings is 1. The molecule has 5 N–H and O–H groups in total. The molecule has 0 aromatic heterocycles. The molecule has 0 saturated carbocycles. The summed E-state index contributed by atoms with van der Waals surface area (Å²) in [7, 11) is 0. The van der Waals surface area contributed by atoms with E-state index in [1.54, 1.807) is 36.5 Å². The minimum atomic E-state index is -2.07. The van der Waals surface area contributed by atoms with Crippen LogP contribution in [-0.2, 0) is 29.3 Å². The van der Waals surface area contributed by atoms with E-state index in [9.17, 15) is 23.2 Å². The molecule has 0 bridgehead atoms. The van der Waals surface area contributed by atoms with Crippen molar-refractivity contribution in [1.82, 2.24) is 0 Å². The molecule has 3 aliphatic rings. The Morgan fingerprint density at radius 2 is 1.44 bits per heavy atom.